The number of benzene rings is 1. The molecule has 112 valence electrons. The second kappa shape index (κ2) is 5.93. The molecular weight excluding hydrogens is 282 g/mol. The van der Waals surface area contributed by atoms with Gasteiger partial charge >= 0.3 is 5.97 Å². The Bertz CT molecular complexity index is 697. The fraction of sp³-hybridized carbons (Fsp3) is 0.250. The summed E-state index contributed by atoms with van der Waals surface area (Å²) in [6, 6.07) is 9.30. The second-order valence-electron chi connectivity index (χ2n) is 5.33. The quantitative estimate of drug-likeness (QED) is 0.896. The molecule has 6 heteroatoms. The lowest BCUT2D eigenvalue weighted by atomic mass is 9.80. The number of rotatable bonds is 4. The van der Waals surface area contributed by atoms with Crippen LogP contribution in [-0.2, 0) is 4.79 Å². The van der Waals surface area contributed by atoms with Crippen molar-refractivity contribution in [2.45, 2.75) is 18.9 Å². The Kier molecular flexibility index (Phi) is 3.82. The molecule has 1 heterocycles. The highest BCUT2D eigenvalue weighted by Crippen LogP contribution is 2.28. The van der Waals surface area contributed by atoms with Crippen LogP contribution in [0.4, 0.5) is 0 Å². The molecule has 1 aliphatic rings. The lowest BCUT2D eigenvalue weighted by molar-refractivity contribution is -0.145. The predicted molar refractivity (Wildman–Crippen MR) is 79.1 cm³/mol. The summed E-state index contributed by atoms with van der Waals surface area (Å²) in [7, 11) is 0. The molecule has 0 atom stereocenters. The Balaban J connectivity index is 1.75. The standard InChI is InChI=1S/C16H15N3O3/c20-15(19-12-6-11(7-12)16(21)22)13-8-17-9-18-14(13)10-4-2-1-3-5-10/h1-5,8-9,11-12H,6-7H2,(H,19,20)(H,21,22). The van der Waals surface area contributed by atoms with E-state index in [9.17, 15) is 9.59 Å². The molecule has 2 aromatic rings. The van der Waals surface area contributed by atoms with Crippen LogP contribution < -0.4 is 5.32 Å². The Labute approximate surface area is 127 Å². The third-order valence-electron chi connectivity index (χ3n) is 3.83. The van der Waals surface area contributed by atoms with Crippen LogP contribution in [0.3, 0.4) is 0 Å². The van der Waals surface area contributed by atoms with Crippen molar-refractivity contribution in [3.05, 3.63) is 48.4 Å². The van der Waals surface area contributed by atoms with Gasteiger partial charge in [0.05, 0.1) is 17.2 Å². The van der Waals surface area contributed by atoms with Crippen molar-refractivity contribution in [3.63, 3.8) is 0 Å². The number of aliphatic carboxylic acids is 1. The summed E-state index contributed by atoms with van der Waals surface area (Å²) in [4.78, 5) is 31.3. The predicted octanol–water partition coefficient (Wildman–Crippen LogP) is 1.74. The average molecular weight is 297 g/mol. The molecule has 0 unspecified atom stereocenters. The zero-order chi connectivity index (χ0) is 15.5. The highest BCUT2D eigenvalue weighted by Gasteiger charge is 2.35. The van der Waals surface area contributed by atoms with Crippen LogP contribution in [0.25, 0.3) is 11.3 Å². The molecule has 0 spiro atoms. The summed E-state index contributed by atoms with van der Waals surface area (Å²) < 4.78 is 0. The summed E-state index contributed by atoms with van der Waals surface area (Å²) >= 11 is 0. The van der Waals surface area contributed by atoms with Crippen LogP contribution in [0.15, 0.2) is 42.9 Å². The van der Waals surface area contributed by atoms with E-state index in [1.165, 1.54) is 12.5 Å². The molecule has 1 saturated carbocycles. The minimum Gasteiger partial charge on any atom is -0.481 e. The monoisotopic (exact) mass is 297 g/mol. The minimum atomic E-state index is -0.807. The van der Waals surface area contributed by atoms with Crippen LogP contribution >= 0.6 is 0 Å². The van der Waals surface area contributed by atoms with Gasteiger partial charge < -0.3 is 10.4 Å². The first-order valence-corrected chi connectivity index (χ1v) is 7.04. The zero-order valence-electron chi connectivity index (χ0n) is 11.8. The van der Waals surface area contributed by atoms with E-state index in [4.69, 9.17) is 5.11 Å². The van der Waals surface area contributed by atoms with E-state index >= 15 is 0 Å². The molecule has 1 aliphatic carbocycles. The lowest BCUT2D eigenvalue weighted by Crippen LogP contribution is -2.46. The van der Waals surface area contributed by atoms with Crippen LogP contribution in [0.5, 0.6) is 0 Å². The zero-order valence-corrected chi connectivity index (χ0v) is 11.8. The van der Waals surface area contributed by atoms with Gasteiger partial charge in [-0.25, -0.2) is 9.97 Å². The van der Waals surface area contributed by atoms with Crippen molar-refractivity contribution in [2.75, 3.05) is 0 Å². The van der Waals surface area contributed by atoms with E-state index in [-0.39, 0.29) is 17.9 Å². The molecule has 1 fully saturated rings. The number of carboxylic acid groups (broad SMARTS) is 1. The smallest absolute Gasteiger partial charge is 0.306 e. The maximum atomic E-state index is 12.4. The number of carbonyl (C=O) groups is 2. The molecule has 3 rings (SSSR count). The first-order valence-electron chi connectivity index (χ1n) is 7.04. The summed E-state index contributed by atoms with van der Waals surface area (Å²) in [5.41, 5.74) is 1.81. The van der Waals surface area contributed by atoms with Crippen molar-refractivity contribution in [2.24, 2.45) is 5.92 Å². The van der Waals surface area contributed by atoms with Gasteiger partial charge in [-0.05, 0) is 12.8 Å². The van der Waals surface area contributed by atoms with Crippen LogP contribution in [0.2, 0.25) is 0 Å². The Morgan fingerprint density at radius 1 is 1.18 bits per heavy atom. The van der Waals surface area contributed by atoms with E-state index in [1.54, 1.807) is 0 Å². The van der Waals surface area contributed by atoms with Crippen molar-refractivity contribution < 1.29 is 14.7 Å². The molecule has 1 amide bonds. The number of hydrogen-bond acceptors (Lipinski definition) is 4. The van der Waals surface area contributed by atoms with Crippen LogP contribution in [0, 0.1) is 5.92 Å². The normalized spacial score (nSPS) is 20.0. The molecule has 0 radical (unpaired) electrons. The molecule has 2 N–H and O–H groups in total. The van der Waals surface area contributed by atoms with Gasteiger partial charge in [0, 0.05) is 17.8 Å². The van der Waals surface area contributed by atoms with E-state index in [1.807, 2.05) is 30.3 Å². The highest BCUT2D eigenvalue weighted by atomic mass is 16.4. The fourth-order valence-electron chi connectivity index (χ4n) is 2.52. The van der Waals surface area contributed by atoms with Gasteiger partial charge in [-0.3, -0.25) is 9.59 Å². The number of aromatic nitrogens is 2. The molecular formula is C16H15N3O3. The van der Waals surface area contributed by atoms with Gasteiger partial charge in [-0.1, -0.05) is 30.3 Å². The average Bonchev–Trinajstić information content (AvgIpc) is 2.50. The van der Waals surface area contributed by atoms with E-state index in [0.29, 0.717) is 24.1 Å². The number of carboxylic acids is 1. The SMILES string of the molecule is O=C(NC1CC(C(=O)O)C1)c1cncnc1-c1ccccc1. The minimum absolute atomic E-state index is 0.0996. The molecule has 0 aliphatic heterocycles. The van der Waals surface area contributed by atoms with Gasteiger partial charge in [0.25, 0.3) is 5.91 Å². The summed E-state index contributed by atoms with van der Waals surface area (Å²) in [6.45, 7) is 0. The maximum absolute atomic E-state index is 12.4. The highest BCUT2D eigenvalue weighted by molar-refractivity contribution is 5.99. The van der Waals surface area contributed by atoms with Crippen molar-refractivity contribution in [1.82, 2.24) is 15.3 Å². The topological polar surface area (TPSA) is 92.2 Å². The van der Waals surface area contributed by atoms with Crippen molar-refractivity contribution >= 4 is 11.9 Å². The van der Waals surface area contributed by atoms with Crippen LogP contribution in [-0.4, -0.2) is 33.0 Å². The Morgan fingerprint density at radius 3 is 2.59 bits per heavy atom. The number of nitrogens with one attached hydrogen (secondary N) is 1. The maximum Gasteiger partial charge on any atom is 0.306 e. The molecule has 0 saturated heterocycles. The van der Waals surface area contributed by atoms with Crippen molar-refractivity contribution in [1.29, 1.82) is 0 Å². The first kappa shape index (κ1) is 14.2. The van der Waals surface area contributed by atoms with Gasteiger partial charge in [0.1, 0.15) is 6.33 Å². The Morgan fingerprint density at radius 2 is 1.91 bits per heavy atom. The van der Waals surface area contributed by atoms with E-state index in [0.717, 1.165) is 5.56 Å². The van der Waals surface area contributed by atoms with Gasteiger partial charge in [0.2, 0.25) is 0 Å². The van der Waals surface area contributed by atoms with E-state index in [2.05, 4.69) is 15.3 Å². The van der Waals surface area contributed by atoms with Gasteiger partial charge in [-0.15, -0.1) is 0 Å². The van der Waals surface area contributed by atoms with Crippen molar-refractivity contribution in [3.8, 4) is 11.3 Å². The molecule has 0 bridgehead atoms. The van der Waals surface area contributed by atoms with E-state index < -0.39 is 5.97 Å². The number of amides is 1. The summed E-state index contributed by atoms with van der Waals surface area (Å²) in [5, 5.41) is 11.7. The lowest BCUT2D eigenvalue weighted by Gasteiger charge is -2.32. The molecule has 1 aromatic heterocycles. The van der Waals surface area contributed by atoms with Crippen LogP contribution in [0.1, 0.15) is 23.2 Å². The fourth-order valence-corrected chi connectivity index (χ4v) is 2.52. The summed E-state index contributed by atoms with van der Waals surface area (Å²) in [6.07, 6.45) is 3.83. The Hall–Kier alpha value is -2.76. The van der Waals surface area contributed by atoms with Gasteiger partial charge in [0.15, 0.2) is 0 Å². The second-order valence-corrected chi connectivity index (χ2v) is 5.33. The third-order valence-corrected chi connectivity index (χ3v) is 3.83. The number of nitrogens with zero attached hydrogens (tertiary/aromatic N) is 2. The first-order chi connectivity index (χ1) is 10.6. The van der Waals surface area contributed by atoms with Gasteiger partial charge in [-0.2, -0.15) is 0 Å². The largest absolute Gasteiger partial charge is 0.481 e. The molecule has 1 aromatic carbocycles. The molecule has 22 heavy (non-hydrogen) atoms. The molecule has 6 nitrogen and oxygen atoms in total. The number of carbonyl (C=O) groups excluding carboxylic acids is 1. The third kappa shape index (κ3) is 2.81. The summed E-state index contributed by atoms with van der Waals surface area (Å²) in [5.74, 6) is -1.43. The number of hydrogen-bond donors (Lipinski definition) is 2.